The van der Waals surface area contributed by atoms with Crippen LogP contribution in [0.1, 0.15) is 11.6 Å². The van der Waals surface area contributed by atoms with Gasteiger partial charge in [0, 0.05) is 17.8 Å². The second-order valence-electron chi connectivity index (χ2n) is 5.22. The molecule has 0 amide bonds. The Morgan fingerprint density at radius 1 is 1.55 bits per heavy atom. The summed E-state index contributed by atoms with van der Waals surface area (Å²) < 4.78 is 24.4. The topological polar surface area (TPSA) is 101 Å². The molecule has 1 aliphatic rings. The molecule has 1 fully saturated rings. The van der Waals surface area contributed by atoms with Gasteiger partial charge in [-0.1, -0.05) is 0 Å². The molecule has 124 valence electrons. The maximum atomic E-state index is 12.4. The minimum absolute atomic E-state index is 0.0172. The fraction of sp³-hybridized carbons (Fsp3) is 0.643. The van der Waals surface area contributed by atoms with E-state index in [2.05, 4.69) is 0 Å². The largest absolute Gasteiger partial charge is 0.507 e. The third-order valence-corrected chi connectivity index (χ3v) is 3.75. The Morgan fingerprint density at radius 2 is 2.27 bits per heavy atom. The number of rotatable bonds is 5. The van der Waals surface area contributed by atoms with Crippen molar-refractivity contribution in [3.8, 4) is 5.75 Å². The molecule has 1 aromatic heterocycles. The number of nitrogens with zero attached hydrogens (tertiary/aromatic N) is 1. The lowest BCUT2D eigenvalue weighted by Gasteiger charge is -2.40. The lowest BCUT2D eigenvalue weighted by molar-refractivity contribution is -0.187. The highest BCUT2D eigenvalue weighted by Crippen LogP contribution is 2.27. The lowest BCUT2D eigenvalue weighted by atomic mass is 9.97. The molecule has 0 aliphatic carbocycles. The number of aliphatic hydroxyl groups is 2. The van der Waals surface area contributed by atoms with Gasteiger partial charge >= 0.3 is 0 Å². The molecule has 22 heavy (non-hydrogen) atoms. The van der Waals surface area contributed by atoms with E-state index in [1.54, 1.807) is 6.92 Å². The predicted octanol–water partition coefficient (Wildman–Crippen LogP) is -0.490. The highest BCUT2D eigenvalue weighted by atomic mass is 19.1. The number of alkyl halides is 1. The van der Waals surface area contributed by atoms with E-state index >= 15 is 0 Å². The zero-order valence-corrected chi connectivity index (χ0v) is 12.2. The molecule has 1 aliphatic heterocycles. The molecule has 0 radical (unpaired) electrons. The van der Waals surface area contributed by atoms with Crippen LogP contribution in [0, 0.1) is 6.92 Å². The molecule has 4 atom stereocenters. The van der Waals surface area contributed by atoms with Gasteiger partial charge in [0.2, 0.25) is 0 Å². The van der Waals surface area contributed by atoms with Crippen LogP contribution in [0.5, 0.6) is 5.75 Å². The summed E-state index contributed by atoms with van der Waals surface area (Å²) in [6.45, 7) is 0.266. The van der Waals surface area contributed by atoms with Crippen molar-refractivity contribution in [2.45, 2.75) is 31.3 Å². The van der Waals surface area contributed by atoms with Gasteiger partial charge in [-0.05, 0) is 6.92 Å². The summed E-state index contributed by atoms with van der Waals surface area (Å²) in [6, 6.07) is 0.377. The van der Waals surface area contributed by atoms with Crippen molar-refractivity contribution in [1.82, 2.24) is 4.57 Å². The number of halogens is 1. The van der Waals surface area contributed by atoms with Crippen molar-refractivity contribution in [3.05, 3.63) is 28.2 Å². The summed E-state index contributed by atoms with van der Waals surface area (Å²) in [6.07, 6.45) is -1.52. The molecule has 0 bridgehead atoms. The smallest absolute Gasteiger partial charge is 0.254 e. The van der Waals surface area contributed by atoms with Gasteiger partial charge in [-0.3, -0.25) is 4.79 Å². The van der Waals surface area contributed by atoms with Gasteiger partial charge in [-0.2, -0.15) is 0 Å². The van der Waals surface area contributed by atoms with Gasteiger partial charge in [0.25, 0.3) is 5.56 Å². The molecule has 1 saturated heterocycles. The van der Waals surface area contributed by atoms with E-state index in [-0.39, 0.29) is 19.0 Å². The standard InChI is InChI=1S/C14H20FNO6/c1-8-5-16(12(19)4-10(8)18)9-7-22-11(6-17)13(20)14(9)21-3-2-15/h4-5,9,11,13-14,17-18,20H,2-3,6-7H2,1H3. The first-order chi connectivity index (χ1) is 10.5. The van der Waals surface area contributed by atoms with Crippen molar-refractivity contribution >= 4 is 0 Å². The number of hydrogen-bond acceptors (Lipinski definition) is 6. The number of hydrogen-bond donors (Lipinski definition) is 3. The SMILES string of the molecule is Cc1cn(C2COC(CO)C(O)C2OCCF)c(=O)cc1O. The molecule has 7 nitrogen and oxygen atoms in total. The summed E-state index contributed by atoms with van der Waals surface area (Å²) in [7, 11) is 0. The van der Waals surface area contributed by atoms with Crippen LogP contribution in [0.3, 0.4) is 0 Å². The van der Waals surface area contributed by atoms with Crippen LogP contribution in [-0.4, -0.2) is 64.7 Å². The number of pyridine rings is 1. The van der Waals surface area contributed by atoms with Gasteiger partial charge in [-0.15, -0.1) is 0 Å². The number of aromatic nitrogens is 1. The zero-order valence-electron chi connectivity index (χ0n) is 12.2. The van der Waals surface area contributed by atoms with Gasteiger partial charge < -0.3 is 29.4 Å². The summed E-state index contributed by atoms with van der Waals surface area (Å²) in [5.41, 5.74) is -0.0113. The van der Waals surface area contributed by atoms with Gasteiger partial charge in [0.15, 0.2) is 0 Å². The van der Waals surface area contributed by atoms with Crippen molar-refractivity contribution in [1.29, 1.82) is 0 Å². The van der Waals surface area contributed by atoms with Crippen LogP contribution >= 0.6 is 0 Å². The van der Waals surface area contributed by atoms with Gasteiger partial charge in [-0.25, -0.2) is 4.39 Å². The Labute approximate surface area is 126 Å². The van der Waals surface area contributed by atoms with E-state index in [0.717, 1.165) is 6.07 Å². The fourth-order valence-electron chi connectivity index (χ4n) is 2.55. The molecular formula is C14H20FNO6. The second kappa shape index (κ2) is 7.19. The van der Waals surface area contributed by atoms with Crippen LogP contribution in [0.4, 0.5) is 4.39 Å². The van der Waals surface area contributed by atoms with E-state index in [9.17, 15) is 24.5 Å². The molecule has 2 heterocycles. The second-order valence-corrected chi connectivity index (χ2v) is 5.22. The first kappa shape index (κ1) is 16.9. The average molecular weight is 317 g/mol. The molecular weight excluding hydrogens is 297 g/mol. The lowest BCUT2D eigenvalue weighted by Crippen LogP contribution is -2.54. The minimum Gasteiger partial charge on any atom is -0.507 e. The van der Waals surface area contributed by atoms with E-state index in [0.29, 0.717) is 5.56 Å². The quantitative estimate of drug-likeness (QED) is 0.677. The zero-order chi connectivity index (χ0) is 16.3. The highest BCUT2D eigenvalue weighted by Gasteiger charge is 2.41. The van der Waals surface area contributed by atoms with Crippen molar-refractivity contribution in [2.75, 3.05) is 26.5 Å². The highest BCUT2D eigenvalue weighted by molar-refractivity contribution is 5.27. The van der Waals surface area contributed by atoms with Crippen molar-refractivity contribution in [3.63, 3.8) is 0 Å². The monoisotopic (exact) mass is 317 g/mol. The summed E-state index contributed by atoms with van der Waals surface area (Å²) in [5, 5.41) is 28.9. The molecule has 2 rings (SSSR count). The Hall–Kier alpha value is -1.48. The first-order valence-electron chi connectivity index (χ1n) is 6.99. The fourth-order valence-corrected chi connectivity index (χ4v) is 2.55. The summed E-state index contributed by atoms with van der Waals surface area (Å²) in [4.78, 5) is 12.1. The Morgan fingerprint density at radius 3 is 2.91 bits per heavy atom. The van der Waals surface area contributed by atoms with Crippen molar-refractivity contribution in [2.24, 2.45) is 0 Å². The maximum absolute atomic E-state index is 12.4. The molecule has 3 N–H and O–H groups in total. The third-order valence-electron chi connectivity index (χ3n) is 3.75. The molecule has 0 aromatic carbocycles. The third kappa shape index (κ3) is 3.30. The molecule has 4 unspecified atom stereocenters. The van der Waals surface area contributed by atoms with Crippen LogP contribution in [0.25, 0.3) is 0 Å². The Balaban J connectivity index is 2.34. The number of aromatic hydroxyl groups is 1. The van der Waals surface area contributed by atoms with E-state index in [4.69, 9.17) is 9.47 Å². The van der Waals surface area contributed by atoms with E-state index < -0.39 is 43.2 Å². The number of aryl methyl sites for hydroxylation is 1. The molecule has 0 spiro atoms. The predicted molar refractivity (Wildman–Crippen MR) is 74.7 cm³/mol. The number of aliphatic hydroxyl groups excluding tert-OH is 2. The molecule has 0 saturated carbocycles. The van der Waals surface area contributed by atoms with E-state index in [1.165, 1.54) is 10.8 Å². The normalized spacial score (nSPS) is 28.7. The van der Waals surface area contributed by atoms with Gasteiger partial charge in [0.1, 0.15) is 30.7 Å². The maximum Gasteiger partial charge on any atom is 0.254 e. The van der Waals surface area contributed by atoms with Crippen molar-refractivity contribution < 1.29 is 29.2 Å². The summed E-state index contributed by atoms with van der Waals surface area (Å²) in [5.74, 6) is -0.131. The van der Waals surface area contributed by atoms with Crippen LogP contribution in [0.15, 0.2) is 17.1 Å². The molecule has 8 heteroatoms. The summed E-state index contributed by atoms with van der Waals surface area (Å²) >= 11 is 0. The Bertz CT molecular complexity index is 563. The first-order valence-corrected chi connectivity index (χ1v) is 6.99. The van der Waals surface area contributed by atoms with Crippen LogP contribution < -0.4 is 5.56 Å². The minimum atomic E-state index is -1.20. The van der Waals surface area contributed by atoms with E-state index in [1.807, 2.05) is 0 Å². The van der Waals surface area contributed by atoms with Gasteiger partial charge in [0.05, 0.1) is 25.9 Å². The van der Waals surface area contributed by atoms with Crippen LogP contribution in [0.2, 0.25) is 0 Å². The van der Waals surface area contributed by atoms with Crippen LogP contribution in [-0.2, 0) is 9.47 Å². The Kier molecular flexibility index (Phi) is 5.52. The molecule has 1 aromatic rings. The number of ether oxygens (including phenoxy) is 2. The average Bonchev–Trinajstić information content (AvgIpc) is 2.49.